The molecule has 5 N–H and O–H groups in total. The van der Waals surface area contributed by atoms with Crippen LogP contribution >= 0.6 is 0 Å². The van der Waals surface area contributed by atoms with Gasteiger partial charge >= 0.3 is 0 Å². The van der Waals surface area contributed by atoms with Crippen LogP contribution in [0.15, 0.2) is 54.9 Å². The minimum absolute atomic E-state index is 0.127. The maximum Gasteiger partial charge on any atom is 0.224 e. The second-order valence-corrected chi connectivity index (χ2v) is 5.73. The molecule has 2 heterocycles. The van der Waals surface area contributed by atoms with E-state index in [1.54, 1.807) is 18.5 Å². The molecule has 25 heavy (non-hydrogen) atoms. The first kappa shape index (κ1) is 14.9. The zero-order valence-corrected chi connectivity index (χ0v) is 13.3. The molecule has 0 unspecified atom stereocenters. The van der Waals surface area contributed by atoms with Crippen molar-refractivity contribution < 1.29 is 5.11 Å². The molecule has 0 spiro atoms. The lowest BCUT2D eigenvalue weighted by Gasteiger charge is -2.08. The van der Waals surface area contributed by atoms with E-state index in [-0.39, 0.29) is 17.5 Å². The number of phenols is 1. The third-order valence-electron chi connectivity index (χ3n) is 4.03. The van der Waals surface area contributed by atoms with Gasteiger partial charge in [0.2, 0.25) is 5.95 Å². The maximum absolute atomic E-state index is 9.96. The van der Waals surface area contributed by atoms with Gasteiger partial charge in [0.1, 0.15) is 11.3 Å². The SMILES string of the molecule is Nc1nc(N)c2ncn(Cc3ccc(-c4ccccc4O)cc3)c2n1. The number of nitrogen functional groups attached to an aromatic ring is 2. The molecule has 0 aliphatic heterocycles. The van der Waals surface area contributed by atoms with Gasteiger partial charge in [-0.3, -0.25) is 0 Å². The third-order valence-corrected chi connectivity index (χ3v) is 4.03. The molecule has 0 atom stereocenters. The fraction of sp³-hybridized carbons (Fsp3) is 0.0556. The fourth-order valence-corrected chi connectivity index (χ4v) is 2.80. The third kappa shape index (κ3) is 2.72. The molecule has 0 bridgehead atoms. The Morgan fingerprint density at radius 3 is 2.48 bits per heavy atom. The van der Waals surface area contributed by atoms with Crippen LogP contribution in [-0.2, 0) is 6.54 Å². The quantitative estimate of drug-likeness (QED) is 0.530. The standard InChI is InChI=1S/C18H16N6O/c19-16-15-17(23-18(20)22-16)24(10-21-15)9-11-5-7-12(8-6-11)13-3-1-2-4-14(13)25/h1-8,10,25H,9H2,(H4,19,20,22,23). The van der Waals surface area contributed by atoms with E-state index in [0.717, 1.165) is 16.7 Å². The molecular formula is C18H16N6O. The maximum atomic E-state index is 9.96. The molecule has 0 radical (unpaired) electrons. The van der Waals surface area contributed by atoms with Gasteiger partial charge in [-0.2, -0.15) is 9.97 Å². The number of nitrogens with two attached hydrogens (primary N) is 2. The second kappa shape index (κ2) is 5.79. The number of anilines is 2. The predicted octanol–water partition coefficient (Wildman–Crippen LogP) is 2.41. The van der Waals surface area contributed by atoms with Gasteiger partial charge in [-0.25, -0.2) is 4.98 Å². The summed E-state index contributed by atoms with van der Waals surface area (Å²) in [6.07, 6.45) is 1.67. The van der Waals surface area contributed by atoms with Crippen LogP contribution in [0.5, 0.6) is 5.75 Å². The Bertz CT molecular complexity index is 1060. The Balaban J connectivity index is 1.65. The lowest BCUT2D eigenvalue weighted by molar-refractivity contribution is 0.477. The number of rotatable bonds is 3. The van der Waals surface area contributed by atoms with E-state index in [0.29, 0.717) is 17.7 Å². The monoisotopic (exact) mass is 332 g/mol. The normalized spacial score (nSPS) is 11.0. The molecule has 0 saturated carbocycles. The molecule has 4 rings (SSSR count). The van der Waals surface area contributed by atoms with Gasteiger partial charge in [0, 0.05) is 5.56 Å². The Morgan fingerprint density at radius 2 is 1.72 bits per heavy atom. The van der Waals surface area contributed by atoms with Crippen LogP contribution < -0.4 is 11.5 Å². The number of aromatic hydroxyl groups is 1. The summed E-state index contributed by atoms with van der Waals surface area (Å²) in [6.45, 7) is 0.577. The smallest absolute Gasteiger partial charge is 0.224 e. The van der Waals surface area contributed by atoms with Gasteiger partial charge in [0.25, 0.3) is 0 Å². The molecular weight excluding hydrogens is 316 g/mol. The summed E-state index contributed by atoms with van der Waals surface area (Å²) in [5.74, 6) is 0.663. The number of nitrogens with zero attached hydrogens (tertiary/aromatic N) is 4. The second-order valence-electron chi connectivity index (χ2n) is 5.73. The summed E-state index contributed by atoms with van der Waals surface area (Å²) in [7, 11) is 0. The van der Waals surface area contributed by atoms with E-state index in [4.69, 9.17) is 11.5 Å². The highest BCUT2D eigenvalue weighted by molar-refractivity contribution is 5.82. The topological polar surface area (TPSA) is 116 Å². The zero-order chi connectivity index (χ0) is 17.4. The lowest BCUT2D eigenvalue weighted by Crippen LogP contribution is -2.04. The fourth-order valence-electron chi connectivity index (χ4n) is 2.80. The van der Waals surface area contributed by atoms with E-state index < -0.39 is 0 Å². The first-order valence-electron chi connectivity index (χ1n) is 7.73. The Labute approximate surface area is 143 Å². The highest BCUT2D eigenvalue weighted by Gasteiger charge is 2.10. The number of fused-ring (bicyclic) bond motifs is 1. The summed E-state index contributed by atoms with van der Waals surface area (Å²) in [4.78, 5) is 12.4. The van der Waals surface area contributed by atoms with Crippen molar-refractivity contribution in [2.75, 3.05) is 11.5 Å². The average molecular weight is 332 g/mol. The molecule has 2 aromatic carbocycles. The van der Waals surface area contributed by atoms with E-state index >= 15 is 0 Å². The van der Waals surface area contributed by atoms with Crippen molar-refractivity contribution in [3.05, 3.63) is 60.4 Å². The van der Waals surface area contributed by atoms with Crippen LogP contribution in [0.1, 0.15) is 5.56 Å². The van der Waals surface area contributed by atoms with Crippen molar-refractivity contribution in [2.24, 2.45) is 0 Å². The van der Waals surface area contributed by atoms with Crippen LogP contribution in [0.2, 0.25) is 0 Å². The van der Waals surface area contributed by atoms with Crippen LogP contribution in [0.3, 0.4) is 0 Å². The summed E-state index contributed by atoms with van der Waals surface area (Å²) in [6, 6.07) is 15.2. The van der Waals surface area contributed by atoms with Crippen molar-refractivity contribution in [1.29, 1.82) is 0 Å². The predicted molar refractivity (Wildman–Crippen MR) is 96.8 cm³/mol. The molecule has 2 aromatic heterocycles. The summed E-state index contributed by atoms with van der Waals surface area (Å²) in [5, 5.41) is 9.96. The van der Waals surface area contributed by atoms with Gasteiger partial charge in [0.05, 0.1) is 12.9 Å². The van der Waals surface area contributed by atoms with Gasteiger partial charge in [-0.1, -0.05) is 42.5 Å². The first-order chi connectivity index (χ1) is 12.1. The zero-order valence-electron chi connectivity index (χ0n) is 13.3. The molecule has 124 valence electrons. The van der Waals surface area contributed by atoms with Crippen molar-refractivity contribution in [1.82, 2.24) is 19.5 Å². The van der Waals surface area contributed by atoms with Gasteiger partial charge in [-0.05, 0) is 17.2 Å². The number of aromatic nitrogens is 4. The van der Waals surface area contributed by atoms with E-state index in [2.05, 4.69) is 15.0 Å². The van der Waals surface area contributed by atoms with Crippen molar-refractivity contribution in [2.45, 2.75) is 6.54 Å². The van der Waals surface area contributed by atoms with Crippen LogP contribution in [-0.4, -0.2) is 24.6 Å². The van der Waals surface area contributed by atoms with Crippen LogP contribution in [0.25, 0.3) is 22.3 Å². The molecule has 7 nitrogen and oxygen atoms in total. The number of hydrogen-bond donors (Lipinski definition) is 3. The number of imidazole rings is 1. The minimum atomic E-state index is 0.127. The molecule has 0 amide bonds. The largest absolute Gasteiger partial charge is 0.507 e. The number of phenolic OH excluding ortho intramolecular Hbond substituents is 1. The van der Waals surface area contributed by atoms with Crippen molar-refractivity contribution >= 4 is 22.9 Å². The number of hydrogen-bond acceptors (Lipinski definition) is 6. The van der Waals surface area contributed by atoms with Crippen LogP contribution in [0.4, 0.5) is 11.8 Å². The van der Waals surface area contributed by atoms with Gasteiger partial charge in [0.15, 0.2) is 11.5 Å². The highest BCUT2D eigenvalue weighted by atomic mass is 16.3. The van der Waals surface area contributed by atoms with E-state index in [9.17, 15) is 5.11 Å². The summed E-state index contributed by atoms with van der Waals surface area (Å²) >= 11 is 0. The lowest BCUT2D eigenvalue weighted by atomic mass is 10.0. The average Bonchev–Trinajstić information content (AvgIpc) is 2.99. The first-order valence-corrected chi connectivity index (χ1v) is 7.73. The molecule has 7 heteroatoms. The van der Waals surface area contributed by atoms with Crippen LogP contribution in [0, 0.1) is 0 Å². The molecule has 0 saturated heterocycles. The number of para-hydroxylation sites is 1. The van der Waals surface area contributed by atoms with E-state index in [1.165, 1.54) is 0 Å². The summed E-state index contributed by atoms with van der Waals surface area (Å²) < 4.78 is 1.87. The number of benzene rings is 2. The minimum Gasteiger partial charge on any atom is -0.507 e. The Kier molecular flexibility index (Phi) is 3.46. The summed E-state index contributed by atoms with van der Waals surface area (Å²) in [5.41, 5.74) is 15.5. The molecule has 4 aromatic rings. The van der Waals surface area contributed by atoms with Crippen molar-refractivity contribution in [3.63, 3.8) is 0 Å². The van der Waals surface area contributed by atoms with Gasteiger partial charge in [-0.15, -0.1) is 0 Å². The van der Waals surface area contributed by atoms with Crippen molar-refractivity contribution in [3.8, 4) is 16.9 Å². The molecule has 0 aliphatic carbocycles. The highest BCUT2D eigenvalue weighted by Crippen LogP contribution is 2.28. The molecule has 0 aliphatic rings. The van der Waals surface area contributed by atoms with Gasteiger partial charge < -0.3 is 21.1 Å². The Hall–Kier alpha value is -3.61. The molecule has 0 fully saturated rings. The van der Waals surface area contributed by atoms with E-state index in [1.807, 2.05) is 41.0 Å². The Morgan fingerprint density at radius 1 is 0.960 bits per heavy atom.